The van der Waals surface area contributed by atoms with E-state index in [0.29, 0.717) is 11.5 Å². The largest absolute Gasteiger partial charge is 0.504 e. The topological polar surface area (TPSA) is 58.9 Å². The van der Waals surface area contributed by atoms with Crippen molar-refractivity contribution >= 4 is 0 Å². The molecule has 0 aliphatic heterocycles. The number of methoxy groups -OCH3 is 2. The molecule has 0 aliphatic carbocycles. The normalized spacial score (nSPS) is 10.4. The minimum atomic E-state index is 0.119. The third-order valence-corrected chi connectivity index (χ3v) is 3.91. The van der Waals surface area contributed by atoms with Crippen molar-refractivity contribution in [3.05, 3.63) is 60.7 Å². The molecule has 3 rings (SSSR count). The van der Waals surface area contributed by atoms with E-state index in [0.717, 1.165) is 22.3 Å². The SMILES string of the molecule is COc1cc(-c2ccc(-c3ccc(O)c(OC)c3)cc2)ccc1O. The quantitative estimate of drug-likeness (QED) is 0.745. The smallest absolute Gasteiger partial charge is 0.161 e. The average molecular weight is 322 g/mol. The summed E-state index contributed by atoms with van der Waals surface area (Å²) >= 11 is 0. The fourth-order valence-electron chi connectivity index (χ4n) is 2.57. The minimum absolute atomic E-state index is 0.119. The lowest BCUT2D eigenvalue weighted by Gasteiger charge is -2.09. The van der Waals surface area contributed by atoms with Crippen LogP contribution in [0.4, 0.5) is 0 Å². The van der Waals surface area contributed by atoms with E-state index in [9.17, 15) is 10.2 Å². The molecule has 0 saturated heterocycles. The second kappa shape index (κ2) is 6.54. The average Bonchev–Trinajstić information content (AvgIpc) is 2.63. The predicted molar refractivity (Wildman–Crippen MR) is 93.7 cm³/mol. The number of hydrogen-bond acceptors (Lipinski definition) is 4. The molecule has 122 valence electrons. The van der Waals surface area contributed by atoms with Gasteiger partial charge in [-0.2, -0.15) is 0 Å². The Kier molecular flexibility index (Phi) is 4.29. The number of ether oxygens (including phenoxy) is 2. The van der Waals surface area contributed by atoms with Crippen LogP contribution in [-0.4, -0.2) is 24.4 Å². The van der Waals surface area contributed by atoms with Crippen molar-refractivity contribution in [2.24, 2.45) is 0 Å². The molecule has 0 spiro atoms. The van der Waals surface area contributed by atoms with Gasteiger partial charge in [0.1, 0.15) is 0 Å². The van der Waals surface area contributed by atoms with E-state index in [1.54, 1.807) is 24.3 Å². The fraction of sp³-hybridized carbons (Fsp3) is 0.100. The highest BCUT2D eigenvalue weighted by molar-refractivity contribution is 5.73. The van der Waals surface area contributed by atoms with Crippen molar-refractivity contribution in [2.45, 2.75) is 0 Å². The summed E-state index contributed by atoms with van der Waals surface area (Å²) in [6.45, 7) is 0. The van der Waals surface area contributed by atoms with Gasteiger partial charge in [-0.25, -0.2) is 0 Å². The summed E-state index contributed by atoms with van der Waals surface area (Å²) in [4.78, 5) is 0. The third kappa shape index (κ3) is 2.99. The van der Waals surface area contributed by atoms with Crippen LogP contribution in [0.15, 0.2) is 60.7 Å². The number of benzene rings is 3. The molecule has 3 aromatic rings. The van der Waals surface area contributed by atoms with Gasteiger partial charge < -0.3 is 19.7 Å². The van der Waals surface area contributed by atoms with Gasteiger partial charge in [0.05, 0.1) is 14.2 Å². The van der Waals surface area contributed by atoms with Gasteiger partial charge in [0.2, 0.25) is 0 Å². The fourth-order valence-corrected chi connectivity index (χ4v) is 2.57. The molecule has 4 nitrogen and oxygen atoms in total. The standard InChI is InChI=1S/C20H18O4/c1-23-19-11-15(7-9-17(19)21)13-3-5-14(6-4-13)16-8-10-18(22)20(12-16)24-2/h3-12,21-22H,1-2H3. The second-order valence-electron chi connectivity index (χ2n) is 5.35. The van der Waals surface area contributed by atoms with E-state index in [2.05, 4.69) is 0 Å². The molecule has 0 unspecified atom stereocenters. The monoisotopic (exact) mass is 322 g/mol. The van der Waals surface area contributed by atoms with Gasteiger partial charge in [-0.05, 0) is 46.5 Å². The summed E-state index contributed by atoms with van der Waals surface area (Å²) in [5, 5.41) is 19.4. The van der Waals surface area contributed by atoms with Gasteiger partial charge in [0.25, 0.3) is 0 Å². The van der Waals surface area contributed by atoms with Gasteiger partial charge in [-0.1, -0.05) is 36.4 Å². The highest BCUT2D eigenvalue weighted by Crippen LogP contribution is 2.34. The summed E-state index contributed by atoms with van der Waals surface area (Å²) in [6.07, 6.45) is 0. The van der Waals surface area contributed by atoms with Gasteiger partial charge in [-0.3, -0.25) is 0 Å². The molecular formula is C20H18O4. The predicted octanol–water partition coefficient (Wildman–Crippen LogP) is 4.45. The van der Waals surface area contributed by atoms with E-state index in [1.165, 1.54) is 14.2 Å². The molecule has 0 aromatic heterocycles. The first-order valence-electron chi connectivity index (χ1n) is 7.47. The highest BCUT2D eigenvalue weighted by atomic mass is 16.5. The minimum Gasteiger partial charge on any atom is -0.504 e. The highest BCUT2D eigenvalue weighted by Gasteiger charge is 2.07. The maximum absolute atomic E-state index is 9.69. The number of phenolic OH excluding ortho intramolecular Hbond substituents is 2. The Morgan fingerprint density at radius 3 is 1.21 bits per heavy atom. The van der Waals surface area contributed by atoms with E-state index in [1.807, 2.05) is 36.4 Å². The summed E-state index contributed by atoms with van der Waals surface area (Å²) in [5.41, 5.74) is 3.95. The van der Waals surface area contributed by atoms with Crippen LogP contribution in [-0.2, 0) is 0 Å². The first kappa shape index (κ1) is 15.7. The lowest BCUT2D eigenvalue weighted by Crippen LogP contribution is -1.87. The first-order valence-corrected chi connectivity index (χ1v) is 7.47. The van der Waals surface area contributed by atoms with Gasteiger partial charge in [0, 0.05) is 0 Å². The molecule has 0 fully saturated rings. The molecule has 0 radical (unpaired) electrons. The zero-order chi connectivity index (χ0) is 17.1. The molecule has 0 saturated carbocycles. The molecule has 0 aliphatic rings. The Bertz CT molecular complexity index is 782. The van der Waals surface area contributed by atoms with E-state index < -0.39 is 0 Å². The maximum atomic E-state index is 9.69. The molecule has 2 N–H and O–H groups in total. The van der Waals surface area contributed by atoms with Gasteiger partial charge in [-0.15, -0.1) is 0 Å². The molecule has 3 aromatic carbocycles. The van der Waals surface area contributed by atoms with E-state index in [-0.39, 0.29) is 11.5 Å². The van der Waals surface area contributed by atoms with Crippen molar-refractivity contribution in [3.63, 3.8) is 0 Å². The third-order valence-electron chi connectivity index (χ3n) is 3.91. The van der Waals surface area contributed by atoms with Crippen LogP contribution in [0.1, 0.15) is 0 Å². The number of phenols is 2. The Morgan fingerprint density at radius 2 is 0.875 bits per heavy atom. The number of aromatic hydroxyl groups is 2. The van der Waals surface area contributed by atoms with Crippen molar-refractivity contribution in [1.82, 2.24) is 0 Å². The second-order valence-corrected chi connectivity index (χ2v) is 5.35. The lowest BCUT2D eigenvalue weighted by molar-refractivity contribution is 0.373. The molecular weight excluding hydrogens is 304 g/mol. The van der Waals surface area contributed by atoms with Crippen LogP contribution < -0.4 is 9.47 Å². The van der Waals surface area contributed by atoms with Crippen LogP contribution in [0.25, 0.3) is 22.3 Å². The van der Waals surface area contributed by atoms with Crippen LogP contribution >= 0.6 is 0 Å². The summed E-state index contributed by atoms with van der Waals surface area (Å²) < 4.78 is 10.3. The summed E-state index contributed by atoms with van der Waals surface area (Å²) in [7, 11) is 3.06. The summed E-state index contributed by atoms with van der Waals surface area (Å²) in [6, 6.07) is 18.5. The van der Waals surface area contributed by atoms with Gasteiger partial charge >= 0.3 is 0 Å². The van der Waals surface area contributed by atoms with Crippen molar-refractivity contribution < 1.29 is 19.7 Å². The molecule has 0 bridgehead atoms. The number of rotatable bonds is 4. The molecule has 0 heterocycles. The van der Waals surface area contributed by atoms with Crippen molar-refractivity contribution in [3.8, 4) is 45.3 Å². The van der Waals surface area contributed by atoms with Gasteiger partial charge in [0.15, 0.2) is 23.0 Å². The van der Waals surface area contributed by atoms with E-state index >= 15 is 0 Å². The Hall–Kier alpha value is -3.14. The Morgan fingerprint density at radius 1 is 0.542 bits per heavy atom. The first-order chi connectivity index (χ1) is 11.6. The lowest BCUT2D eigenvalue weighted by atomic mass is 10.00. The van der Waals surface area contributed by atoms with Crippen molar-refractivity contribution in [2.75, 3.05) is 14.2 Å². The van der Waals surface area contributed by atoms with Crippen LogP contribution in [0.3, 0.4) is 0 Å². The van der Waals surface area contributed by atoms with Crippen LogP contribution in [0.2, 0.25) is 0 Å². The number of hydrogen-bond donors (Lipinski definition) is 2. The maximum Gasteiger partial charge on any atom is 0.161 e. The van der Waals surface area contributed by atoms with Crippen LogP contribution in [0, 0.1) is 0 Å². The Labute approximate surface area is 140 Å². The summed E-state index contributed by atoms with van der Waals surface area (Å²) in [5.74, 6) is 1.13. The zero-order valence-corrected chi connectivity index (χ0v) is 13.5. The van der Waals surface area contributed by atoms with E-state index in [4.69, 9.17) is 9.47 Å². The molecule has 24 heavy (non-hydrogen) atoms. The Balaban J connectivity index is 1.93. The molecule has 4 heteroatoms. The van der Waals surface area contributed by atoms with Crippen LogP contribution in [0.5, 0.6) is 23.0 Å². The molecule has 0 atom stereocenters. The van der Waals surface area contributed by atoms with Crippen molar-refractivity contribution in [1.29, 1.82) is 0 Å². The molecule has 0 amide bonds. The zero-order valence-electron chi connectivity index (χ0n) is 13.5.